The lowest BCUT2D eigenvalue weighted by Gasteiger charge is -2.40. The molecular formula is C24H30Cl2N2O2. The van der Waals surface area contributed by atoms with Crippen LogP contribution in [0.5, 0.6) is 0 Å². The molecule has 2 rings (SSSR count). The molecule has 0 aliphatic carbocycles. The molecule has 2 aromatic rings. The molecule has 30 heavy (non-hydrogen) atoms. The van der Waals surface area contributed by atoms with Crippen molar-refractivity contribution in [1.29, 1.82) is 0 Å². The van der Waals surface area contributed by atoms with E-state index in [2.05, 4.69) is 33.1 Å². The Balaban J connectivity index is 2.54. The van der Waals surface area contributed by atoms with Gasteiger partial charge in [0.15, 0.2) is 0 Å². The average molecular weight is 449 g/mol. The second kappa shape index (κ2) is 9.84. The number of halogens is 2. The Bertz CT molecular complexity index is 915. The molecule has 0 saturated carbocycles. The summed E-state index contributed by atoms with van der Waals surface area (Å²) in [6.45, 7) is 12.1. The van der Waals surface area contributed by atoms with Gasteiger partial charge in [-0.05, 0) is 55.0 Å². The number of nitrogens with one attached hydrogen (secondary N) is 1. The van der Waals surface area contributed by atoms with E-state index in [0.29, 0.717) is 5.56 Å². The molecule has 0 aliphatic heterocycles. The summed E-state index contributed by atoms with van der Waals surface area (Å²) in [6.07, 6.45) is 1.60. The Morgan fingerprint density at radius 2 is 1.60 bits per heavy atom. The summed E-state index contributed by atoms with van der Waals surface area (Å²) in [6, 6.07) is 10.3. The molecule has 1 N–H and O–H groups in total. The maximum atomic E-state index is 13.7. The topological polar surface area (TPSA) is 49.4 Å². The monoisotopic (exact) mass is 448 g/mol. The maximum absolute atomic E-state index is 13.7. The third-order valence-corrected chi connectivity index (χ3v) is 5.97. The Kier molecular flexibility index (Phi) is 7.95. The van der Waals surface area contributed by atoms with E-state index in [-0.39, 0.29) is 33.0 Å². The zero-order chi connectivity index (χ0) is 22.6. The van der Waals surface area contributed by atoms with E-state index in [1.165, 1.54) is 5.01 Å². The van der Waals surface area contributed by atoms with Crippen LogP contribution in [0.2, 0.25) is 10.0 Å². The average Bonchev–Trinajstić information content (AvgIpc) is 2.65. The summed E-state index contributed by atoms with van der Waals surface area (Å²) < 4.78 is 0. The number of nitrogens with zero attached hydrogens (tertiary/aromatic N) is 1. The largest absolute Gasteiger partial charge is 0.272 e. The molecule has 0 aromatic heterocycles. The number of rotatable bonds is 5. The van der Waals surface area contributed by atoms with Crippen molar-refractivity contribution in [3.63, 3.8) is 0 Å². The van der Waals surface area contributed by atoms with E-state index in [9.17, 15) is 9.59 Å². The minimum atomic E-state index is -0.505. The smallest absolute Gasteiger partial charge is 0.267 e. The van der Waals surface area contributed by atoms with E-state index in [4.69, 9.17) is 23.2 Å². The van der Waals surface area contributed by atoms with Gasteiger partial charge in [0.2, 0.25) is 0 Å². The summed E-state index contributed by atoms with van der Waals surface area (Å²) in [4.78, 5) is 26.8. The molecule has 2 aromatic carbocycles. The second-order valence-electron chi connectivity index (χ2n) is 8.63. The van der Waals surface area contributed by atoms with Gasteiger partial charge in [-0.1, -0.05) is 75.5 Å². The fourth-order valence-corrected chi connectivity index (χ4v) is 4.05. The van der Waals surface area contributed by atoms with Crippen molar-refractivity contribution < 1.29 is 9.59 Å². The van der Waals surface area contributed by atoms with E-state index in [1.54, 1.807) is 24.3 Å². The van der Waals surface area contributed by atoms with Crippen LogP contribution in [0.15, 0.2) is 36.4 Å². The van der Waals surface area contributed by atoms with Gasteiger partial charge in [-0.2, -0.15) is 0 Å². The first kappa shape index (κ1) is 24.2. The summed E-state index contributed by atoms with van der Waals surface area (Å²) in [7, 11) is 0. The van der Waals surface area contributed by atoms with E-state index in [1.807, 2.05) is 26.0 Å². The van der Waals surface area contributed by atoms with Gasteiger partial charge in [0.25, 0.3) is 11.8 Å². The van der Waals surface area contributed by atoms with Gasteiger partial charge in [-0.15, -0.1) is 0 Å². The third-order valence-electron chi connectivity index (χ3n) is 5.34. The van der Waals surface area contributed by atoms with Gasteiger partial charge in [0.1, 0.15) is 0 Å². The van der Waals surface area contributed by atoms with Crippen LogP contribution < -0.4 is 5.43 Å². The predicted molar refractivity (Wildman–Crippen MR) is 124 cm³/mol. The first-order valence-corrected chi connectivity index (χ1v) is 10.9. The Hall–Kier alpha value is -2.04. The van der Waals surface area contributed by atoms with Crippen LogP contribution >= 0.6 is 23.2 Å². The lowest BCUT2D eigenvalue weighted by atomic mass is 9.83. The highest BCUT2D eigenvalue weighted by atomic mass is 35.5. The molecule has 0 radical (unpaired) electrons. The third kappa shape index (κ3) is 5.35. The quantitative estimate of drug-likeness (QED) is 0.522. The van der Waals surface area contributed by atoms with Gasteiger partial charge in [0.05, 0.1) is 21.7 Å². The van der Waals surface area contributed by atoms with Crippen LogP contribution in [0.1, 0.15) is 72.4 Å². The fraction of sp³-hybridized carbons (Fsp3) is 0.417. The minimum absolute atomic E-state index is 0.156. The number of benzene rings is 2. The molecule has 0 bridgehead atoms. The number of carbonyl (C=O) groups is 2. The van der Waals surface area contributed by atoms with Crippen molar-refractivity contribution in [3.8, 4) is 0 Å². The van der Waals surface area contributed by atoms with Crippen LogP contribution in [0.4, 0.5) is 0 Å². The molecular weight excluding hydrogens is 419 g/mol. The second-order valence-corrected chi connectivity index (χ2v) is 9.45. The molecule has 0 spiro atoms. The van der Waals surface area contributed by atoms with Crippen molar-refractivity contribution >= 4 is 35.0 Å². The lowest BCUT2D eigenvalue weighted by molar-refractivity contribution is 0.0270. The van der Waals surface area contributed by atoms with Crippen molar-refractivity contribution in [3.05, 3.63) is 68.7 Å². The predicted octanol–water partition coefficient (Wildman–Crippen LogP) is 6.61. The molecule has 4 nitrogen and oxygen atoms in total. The van der Waals surface area contributed by atoms with Gasteiger partial charge < -0.3 is 0 Å². The molecule has 1 unspecified atom stereocenters. The highest BCUT2D eigenvalue weighted by Crippen LogP contribution is 2.30. The minimum Gasteiger partial charge on any atom is -0.267 e. The highest BCUT2D eigenvalue weighted by Gasteiger charge is 2.35. The fourth-order valence-electron chi connectivity index (χ4n) is 3.49. The van der Waals surface area contributed by atoms with Crippen molar-refractivity contribution in [2.75, 3.05) is 0 Å². The number of hydrogen-bond acceptors (Lipinski definition) is 2. The molecule has 0 fully saturated rings. The van der Waals surface area contributed by atoms with E-state index < -0.39 is 5.91 Å². The number of hydrogen-bond donors (Lipinski definition) is 1. The first-order chi connectivity index (χ1) is 14.0. The van der Waals surface area contributed by atoms with E-state index in [0.717, 1.165) is 24.0 Å². The SMILES string of the molecule is CCCC(N(NC(=O)c1c(Cl)cccc1Cl)C(=O)c1cccc(C)c1C)C(C)(C)C. The summed E-state index contributed by atoms with van der Waals surface area (Å²) in [5.41, 5.74) is 5.19. The molecule has 0 saturated heterocycles. The van der Waals surface area contributed by atoms with E-state index >= 15 is 0 Å². The Morgan fingerprint density at radius 3 is 2.13 bits per heavy atom. The summed E-state index contributed by atoms with van der Waals surface area (Å²) in [5, 5.41) is 1.94. The van der Waals surface area contributed by atoms with Crippen molar-refractivity contribution in [2.45, 2.75) is 60.4 Å². The zero-order valence-corrected chi connectivity index (χ0v) is 20.0. The van der Waals surface area contributed by atoms with Gasteiger partial charge >= 0.3 is 0 Å². The number of aryl methyl sites for hydroxylation is 1. The highest BCUT2D eigenvalue weighted by molar-refractivity contribution is 6.39. The first-order valence-electron chi connectivity index (χ1n) is 10.1. The van der Waals surface area contributed by atoms with Crippen LogP contribution in [0.3, 0.4) is 0 Å². The molecule has 0 heterocycles. The van der Waals surface area contributed by atoms with Crippen molar-refractivity contribution in [2.24, 2.45) is 5.41 Å². The number of hydrazine groups is 1. The molecule has 2 amide bonds. The Labute approximate surface area is 189 Å². The number of amides is 2. The molecule has 0 aliphatic rings. The summed E-state index contributed by atoms with van der Waals surface area (Å²) in [5.74, 6) is -0.754. The summed E-state index contributed by atoms with van der Waals surface area (Å²) >= 11 is 12.5. The van der Waals surface area contributed by atoms with Crippen molar-refractivity contribution in [1.82, 2.24) is 10.4 Å². The Morgan fingerprint density at radius 1 is 1.03 bits per heavy atom. The van der Waals surface area contributed by atoms with Gasteiger partial charge in [0, 0.05) is 5.56 Å². The number of carbonyl (C=O) groups excluding carboxylic acids is 2. The van der Waals surface area contributed by atoms with Gasteiger partial charge in [-0.3, -0.25) is 15.0 Å². The lowest BCUT2D eigenvalue weighted by Crippen LogP contribution is -2.56. The van der Waals surface area contributed by atoms with Crippen LogP contribution in [-0.4, -0.2) is 22.9 Å². The maximum Gasteiger partial charge on any atom is 0.272 e. The normalized spacial score (nSPS) is 12.4. The van der Waals surface area contributed by atoms with Crippen LogP contribution in [-0.2, 0) is 0 Å². The molecule has 162 valence electrons. The van der Waals surface area contributed by atoms with Crippen LogP contribution in [0, 0.1) is 19.3 Å². The van der Waals surface area contributed by atoms with Crippen LogP contribution in [0.25, 0.3) is 0 Å². The standard InChI is InChI=1S/C24H30Cl2N2O2/c1-7-10-20(24(4,5)6)28(23(30)17-12-8-11-15(2)16(17)3)27-22(29)21-18(25)13-9-14-19(21)26/h8-9,11-14,20H,7,10H2,1-6H3,(H,27,29). The zero-order valence-electron chi connectivity index (χ0n) is 18.5. The van der Waals surface area contributed by atoms with Gasteiger partial charge in [-0.25, -0.2) is 5.01 Å². The molecule has 1 atom stereocenters. The molecule has 6 heteroatoms.